The van der Waals surface area contributed by atoms with E-state index in [4.69, 9.17) is 11.6 Å². The summed E-state index contributed by atoms with van der Waals surface area (Å²) in [5.74, 6) is -0.233. The molecule has 0 aliphatic rings. The highest BCUT2D eigenvalue weighted by molar-refractivity contribution is 14.1. The fourth-order valence-corrected chi connectivity index (χ4v) is 2.48. The zero-order chi connectivity index (χ0) is 15.2. The number of halogens is 2. The molecule has 0 fully saturated rings. The molecule has 21 heavy (non-hydrogen) atoms. The molecule has 2 aromatic rings. The second kappa shape index (κ2) is 7.77. The second-order valence-electron chi connectivity index (χ2n) is 4.67. The monoisotopic (exact) mass is 415 g/mol. The van der Waals surface area contributed by atoms with Gasteiger partial charge in [-0.2, -0.15) is 0 Å². The summed E-state index contributed by atoms with van der Waals surface area (Å²) in [6.07, 6.45) is 0.585. The lowest BCUT2D eigenvalue weighted by molar-refractivity contribution is 0.0916. The largest absolute Gasteiger partial charge is 0.394 e. The van der Waals surface area contributed by atoms with Crippen LogP contribution in [0.4, 0.5) is 0 Å². The van der Waals surface area contributed by atoms with Crippen LogP contribution >= 0.6 is 34.2 Å². The second-order valence-corrected chi connectivity index (χ2v) is 6.24. The van der Waals surface area contributed by atoms with Crippen LogP contribution in [0.5, 0.6) is 0 Å². The van der Waals surface area contributed by atoms with Crippen molar-refractivity contribution in [2.24, 2.45) is 0 Å². The summed E-state index contributed by atoms with van der Waals surface area (Å²) in [4.78, 5) is 12.2. The van der Waals surface area contributed by atoms with Crippen LogP contribution in [0.15, 0.2) is 48.5 Å². The number of carbonyl (C=O) groups is 1. The number of hydrogen-bond acceptors (Lipinski definition) is 2. The standard InChI is InChI=1S/C16H15ClINO2/c17-14-9-12(6-7-15(14)18)16(21)19-13(10-20)8-11-4-2-1-3-5-11/h1-7,9,13,20H,8,10H2,(H,19,21). The van der Waals surface area contributed by atoms with Crippen molar-refractivity contribution in [1.82, 2.24) is 5.32 Å². The molecule has 110 valence electrons. The van der Waals surface area contributed by atoms with Crippen molar-refractivity contribution >= 4 is 40.1 Å². The number of aliphatic hydroxyl groups excluding tert-OH is 1. The van der Waals surface area contributed by atoms with Crippen LogP contribution in [-0.2, 0) is 6.42 Å². The van der Waals surface area contributed by atoms with E-state index in [0.717, 1.165) is 9.13 Å². The maximum absolute atomic E-state index is 12.2. The Morgan fingerprint density at radius 2 is 1.95 bits per heavy atom. The minimum absolute atomic E-state index is 0.112. The third-order valence-corrected chi connectivity index (χ3v) is 4.63. The average Bonchev–Trinajstić information content (AvgIpc) is 2.50. The Morgan fingerprint density at radius 1 is 1.24 bits per heavy atom. The average molecular weight is 416 g/mol. The molecule has 0 heterocycles. The van der Waals surface area contributed by atoms with Gasteiger partial charge in [-0.25, -0.2) is 0 Å². The Hall–Kier alpha value is -1.11. The topological polar surface area (TPSA) is 49.3 Å². The number of aliphatic hydroxyl groups is 1. The molecule has 5 heteroatoms. The summed E-state index contributed by atoms with van der Waals surface area (Å²) in [7, 11) is 0. The van der Waals surface area contributed by atoms with E-state index < -0.39 is 0 Å². The number of amides is 1. The maximum atomic E-state index is 12.2. The first-order valence-electron chi connectivity index (χ1n) is 6.51. The van der Waals surface area contributed by atoms with Gasteiger partial charge in [0.2, 0.25) is 0 Å². The van der Waals surface area contributed by atoms with E-state index in [1.165, 1.54) is 0 Å². The highest BCUT2D eigenvalue weighted by Gasteiger charge is 2.14. The summed E-state index contributed by atoms with van der Waals surface area (Å²) in [5, 5.41) is 12.8. The van der Waals surface area contributed by atoms with Gasteiger partial charge in [-0.3, -0.25) is 4.79 Å². The number of rotatable bonds is 5. The SMILES string of the molecule is O=C(NC(CO)Cc1ccccc1)c1ccc(I)c(Cl)c1. The summed E-state index contributed by atoms with van der Waals surface area (Å²) in [5.41, 5.74) is 1.56. The molecule has 2 aromatic carbocycles. The first-order valence-corrected chi connectivity index (χ1v) is 7.96. The molecule has 1 unspecified atom stereocenters. The van der Waals surface area contributed by atoms with Crippen molar-refractivity contribution in [3.05, 3.63) is 68.3 Å². The molecule has 1 amide bonds. The molecule has 2 N–H and O–H groups in total. The van der Waals surface area contributed by atoms with Crippen molar-refractivity contribution in [1.29, 1.82) is 0 Å². The highest BCUT2D eigenvalue weighted by Crippen LogP contribution is 2.19. The van der Waals surface area contributed by atoms with Gasteiger partial charge in [0.1, 0.15) is 0 Å². The Morgan fingerprint density at radius 3 is 2.57 bits per heavy atom. The fraction of sp³-hybridized carbons (Fsp3) is 0.188. The molecule has 2 rings (SSSR count). The fourth-order valence-electron chi connectivity index (χ4n) is 1.97. The lowest BCUT2D eigenvalue weighted by Crippen LogP contribution is -2.39. The van der Waals surface area contributed by atoms with Crippen molar-refractivity contribution in [2.75, 3.05) is 6.61 Å². The lowest BCUT2D eigenvalue weighted by atomic mass is 10.1. The van der Waals surface area contributed by atoms with Gasteiger partial charge in [0, 0.05) is 9.13 Å². The van der Waals surface area contributed by atoms with Gasteiger partial charge < -0.3 is 10.4 Å². The molecule has 1 atom stereocenters. The summed E-state index contributed by atoms with van der Waals surface area (Å²) in [6.45, 7) is -0.112. The predicted molar refractivity (Wildman–Crippen MR) is 92.7 cm³/mol. The van der Waals surface area contributed by atoms with E-state index in [-0.39, 0.29) is 18.6 Å². The molecule has 0 spiro atoms. The Kier molecular flexibility index (Phi) is 6.02. The highest BCUT2D eigenvalue weighted by atomic mass is 127. The minimum atomic E-state index is -0.321. The van der Waals surface area contributed by atoms with Crippen LogP contribution in [0.1, 0.15) is 15.9 Å². The van der Waals surface area contributed by atoms with E-state index >= 15 is 0 Å². The first-order chi connectivity index (χ1) is 10.1. The van der Waals surface area contributed by atoms with Crippen LogP contribution in [0, 0.1) is 3.57 Å². The van der Waals surface area contributed by atoms with Gasteiger partial charge in [0.25, 0.3) is 5.91 Å². The molecular weight excluding hydrogens is 401 g/mol. The van der Waals surface area contributed by atoms with Crippen LogP contribution < -0.4 is 5.32 Å². The van der Waals surface area contributed by atoms with Crippen molar-refractivity contribution < 1.29 is 9.90 Å². The minimum Gasteiger partial charge on any atom is -0.394 e. The molecule has 0 radical (unpaired) electrons. The molecule has 0 aromatic heterocycles. The first kappa shape index (κ1) is 16.3. The normalized spacial score (nSPS) is 12.0. The Balaban J connectivity index is 2.04. The number of nitrogens with one attached hydrogen (secondary N) is 1. The third kappa shape index (κ3) is 4.69. The molecule has 0 aliphatic carbocycles. The van der Waals surface area contributed by atoms with Gasteiger partial charge in [-0.15, -0.1) is 0 Å². The van der Waals surface area contributed by atoms with Crippen molar-refractivity contribution in [2.45, 2.75) is 12.5 Å². The van der Waals surface area contributed by atoms with Gasteiger partial charge in [0.15, 0.2) is 0 Å². The van der Waals surface area contributed by atoms with Gasteiger partial charge in [-0.1, -0.05) is 41.9 Å². The summed E-state index contributed by atoms with van der Waals surface area (Å²) >= 11 is 8.13. The van der Waals surface area contributed by atoms with Crippen molar-refractivity contribution in [3.63, 3.8) is 0 Å². The molecule has 0 saturated carbocycles. The quantitative estimate of drug-likeness (QED) is 0.737. The Bertz CT molecular complexity index is 619. The van der Waals surface area contributed by atoms with Crippen molar-refractivity contribution in [3.8, 4) is 0 Å². The van der Waals surface area contributed by atoms with Gasteiger partial charge >= 0.3 is 0 Å². The number of benzene rings is 2. The van der Waals surface area contributed by atoms with Crippen LogP contribution in [0.2, 0.25) is 5.02 Å². The zero-order valence-corrected chi connectivity index (χ0v) is 14.1. The molecule has 0 aliphatic heterocycles. The zero-order valence-electron chi connectivity index (χ0n) is 11.2. The van der Waals surface area contributed by atoms with Crippen LogP contribution in [0.3, 0.4) is 0 Å². The smallest absolute Gasteiger partial charge is 0.251 e. The van der Waals surface area contributed by atoms with Gasteiger partial charge in [-0.05, 0) is 52.8 Å². The van der Waals surface area contributed by atoms with E-state index in [1.54, 1.807) is 18.2 Å². The molecular formula is C16H15ClINO2. The van der Waals surface area contributed by atoms with E-state index in [9.17, 15) is 9.90 Å². The van der Waals surface area contributed by atoms with Gasteiger partial charge in [0.05, 0.1) is 17.7 Å². The lowest BCUT2D eigenvalue weighted by Gasteiger charge is -2.16. The van der Waals surface area contributed by atoms with E-state index in [2.05, 4.69) is 27.9 Å². The predicted octanol–water partition coefficient (Wildman–Crippen LogP) is 3.28. The molecule has 3 nitrogen and oxygen atoms in total. The summed E-state index contributed by atoms with van der Waals surface area (Å²) in [6, 6.07) is 14.6. The molecule has 0 saturated heterocycles. The summed E-state index contributed by atoms with van der Waals surface area (Å²) < 4.78 is 0.897. The van der Waals surface area contributed by atoms with E-state index in [0.29, 0.717) is 17.0 Å². The maximum Gasteiger partial charge on any atom is 0.251 e. The molecule has 0 bridgehead atoms. The van der Waals surface area contributed by atoms with E-state index in [1.807, 2.05) is 30.3 Å². The number of carbonyl (C=O) groups excluding carboxylic acids is 1. The third-order valence-electron chi connectivity index (χ3n) is 3.06. The Labute approximate surface area is 142 Å². The van der Waals surface area contributed by atoms with Crippen LogP contribution in [0.25, 0.3) is 0 Å². The number of hydrogen-bond donors (Lipinski definition) is 2. The van der Waals surface area contributed by atoms with Crippen LogP contribution in [-0.4, -0.2) is 23.7 Å².